The Kier molecular flexibility index (Phi) is 4.86. The molecule has 1 rings (SSSR count). The van der Waals surface area contributed by atoms with Crippen molar-refractivity contribution in [1.82, 2.24) is 5.32 Å². The summed E-state index contributed by atoms with van der Waals surface area (Å²) in [5.41, 5.74) is 1.67. The number of aryl methyl sites for hydroxylation is 1. The number of oxime groups is 2. The molecule has 0 radical (unpaired) electrons. The van der Waals surface area contributed by atoms with E-state index in [1.807, 2.05) is 19.1 Å². The molecule has 0 atom stereocenters. The van der Waals surface area contributed by atoms with E-state index in [0.29, 0.717) is 5.56 Å². The Morgan fingerprint density at radius 2 is 2.06 bits per heavy atom. The highest BCUT2D eigenvalue weighted by Crippen LogP contribution is 2.09. The zero-order valence-electron chi connectivity index (χ0n) is 10.5. The molecular weight excluding hydrogens is 234 g/mol. The highest BCUT2D eigenvalue weighted by molar-refractivity contribution is 6.47. The second-order valence-corrected chi connectivity index (χ2v) is 3.58. The number of carbonyl (C=O) groups is 1. The molecule has 18 heavy (non-hydrogen) atoms. The second kappa shape index (κ2) is 6.39. The maximum atomic E-state index is 11.9. The number of amidine groups is 1. The lowest BCUT2D eigenvalue weighted by Crippen LogP contribution is -2.35. The third-order valence-corrected chi connectivity index (χ3v) is 2.24. The molecule has 2 N–H and O–H groups in total. The van der Waals surface area contributed by atoms with Gasteiger partial charge in [-0.05, 0) is 19.4 Å². The molecule has 0 unspecified atom stereocenters. The van der Waals surface area contributed by atoms with Crippen LogP contribution in [0.1, 0.15) is 18.1 Å². The van der Waals surface area contributed by atoms with E-state index in [0.717, 1.165) is 5.56 Å². The maximum Gasteiger partial charge on any atom is 0.279 e. The first-order valence-corrected chi connectivity index (χ1v) is 5.27. The Bertz CT molecular complexity index is 495. The van der Waals surface area contributed by atoms with E-state index in [1.54, 1.807) is 12.1 Å². The van der Waals surface area contributed by atoms with Crippen molar-refractivity contribution in [3.05, 3.63) is 35.4 Å². The van der Waals surface area contributed by atoms with Crippen molar-refractivity contribution in [2.24, 2.45) is 10.3 Å². The molecule has 0 fully saturated rings. The van der Waals surface area contributed by atoms with Gasteiger partial charge in [0.1, 0.15) is 12.9 Å². The molecule has 0 saturated carbocycles. The van der Waals surface area contributed by atoms with Crippen LogP contribution in [0.25, 0.3) is 0 Å². The fraction of sp³-hybridized carbons (Fsp3) is 0.250. The summed E-state index contributed by atoms with van der Waals surface area (Å²) in [6.07, 6.45) is 0. The van der Waals surface area contributed by atoms with Gasteiger partial charge in [-0.15, -0.1) is 0 Å². The first kappa shape index (κ1) is 13.7. The topological polar surface area (TPSA) is 83.3 Å². The van der Waals surface area contributed by atoms with Crippen molar-refractivity contribution in [3.63, 3.8) is 0 Å². The van der Waals surface area contributed by atoms with Crippen LogP contribution in [0.5, 0.6) is 0 Å². The summed E-state index contributed by atoms with van der Waals surface area (Å²) < 4.78 is 0. The molecule has 0 aliphatic heterocycles. The molecule has 96 valence electrons. The highest BCUT2D eigenvalue weighted by Gasteiger charge is 2.17. The van der Waals surface area contributed by atoms with Gasteiger partial charge in [-0.2, -0.15) is 0 Å². The van der Waals surface area contributed by atoms with Gasteiger partial charge >= 0.3 is 0 Å². The number of hydrogen-bond donors (Lipinski definition) is 2. The molecule has 1 amide bonds. The molecule has 0 heterocycles. The smallest absolute Gasteiger partial charge is 0.279 e. The molecule has 0 bridgehead atoms. The lowest BCUT2D eigenvalue weighted by atomic mass is 10.0. The summed E-state index contributed by atoms with van der Waals surface area (Å²) in [6, 6.07) is 7.29. The van der Waals surface area contributed by atoms with Gasteiger partial charge in [0.2, 0.25) is 0 Å². The van der Waals surface area contributed by atoms with Crippen LogP contribution in [0, 0.1) is 6.92 Å². The molecule has 0 aliphatic carbocycles. The summed E-state index contributed by atoms with van der Waals surface area (Å²) in [7, 11) is 1.36. The summed E-state index contributed by atoms with van der Waals surface area (Å²) in [5, 5.41) is 17.5. The lowest BCUT2D eigenvalue weighted by molar-refractivity contribution is -0.113. The summed E-state index contributed by atoms with van der Waals surface area (Å²) in [5.74, 6) is -0.418. The molecular formula is C12H15N3O3. The molecule has 1 aromatic rings. The van der Waals surface area contributed by atoms with Crippen LogP contribution in [0.2, 0.25) is 0 Å². The van der Waals surface area contributed by atoms with Crippen LogP contribution < -0.4 is 5.32 Å². The Balaban J connectivity index is 3.09. The predicted molar refractivity (Wildman–Crippen MR) is 67.8 cm³/mol. The largest absolute Gasteiger partial charge is 0.409 e. The number of nitrogens with zero attached hydrogens (tertiary/aromatic N) is 2. The number of nitrogens with one attached hydrogen (secondary N) is 1. The van der Waals surface area contributed by atoms with E-state index in [9.17, 15) is 4.79 Å². The van der Waals surface area contributed by atoms with E-state index >= 15 is 0 Å². The van der Waals surface area contributed by atoms with Crippen molar-refractivity contribution < 1.29 is 14.8 Å². The third-order valence-electron chi connectivity index (χ3n) is 2.24. The van der Waals surface area contributed by atoms with Gasteiger partial charge < -0.3 is 15.4 Å². The average Bonchev–Trinajstić information content (AvgIpc) is 2.36. The minimum Gasteiger partial charge on any atom is -0.409 e. The highest BCUT2D eigenvalue weighted by atomic mass is 16.6. The van der Waals surface area contributed by atoms with Crippen molar-refractivity contribution >= 4 is 17.5 Å². The Morgan fingerprint density at radius 3 is 2.61 bits per heavy atom. The number of carbonyl (C=O) groups excluding carboxylic acids is 1. The van der Waals surface area contributed by atoms with Crippen LogP contribution in [-0.2, 0) is 9.63 Å². The SMILES string of the molecule is CO/N=C(\C(=O)N/C(C)=N/O)c1ccccc1C. The minimum atomic E-state index is -0.499. The molecule has 6 nitrogen and oxygen atoms in total. The Hall–Kier alpha value is -2.37. The second-order valence-electron chi connectivity index (χ2n) is 3.58. The van der Waals surface area contributed by atoms with Gasteiger partial charge in [0.15, 0.2) is 5.71 Å². The van der Waals surface area contributed by atoms with Gasteiger partial charge in [0.25, 0.3) is 5.91 Å². The molecule has 6 heteroatoms. The third kappa shape index (κ3) is 3.31. The van der Waals surface area contributed by atoms with Crippen LogP contribution in [0.15, 0.2) is 34.6 Å². The van der Waals surface area contributed by atoms with Crippen LogP contribution in [-0.4, -0.2) is 29.8 Å². The molecule has 1 aromatic carbocycles. The number of benzene rings is 1. The van der Waals surface area contributed by atoms with E-state index in [4.69, 9.17) is 5.21 Å². The van der Waals surface area contributed by atoms with E-state index in [1.165, 1.54) is 14.0 Å². The van der Waals surface area contributed by atoms with Crippen molar-refractivity contribution in [2.75, 3.05) is 7.11 Å². The van der Waals surface area contributed by atoms with Gasteiger partial charge in [-0.3, -0.25) is 4.79 Å². The number of rotatable bonds is 3. The summed E-state index contributed by atoms with van der Waals surface area (Å²) in [6.45, 7) is 3.32. The van der Waals surface area contributed by atoms with Crippen molar-refractivity contribution in [3.8, 4) is 0 Å². The van der Waals surface area contributed by atoms with Gasteiger partial charge in [-0.25, -0.2) is 0 Å². The predicted octanol–water partition coefficient (Wildman–Crippen LogP) is 1.27. The van der Waals surface area contributed by atoms with Gasteiger partial charge in [-0.1, -0.05) is 34.6 Å². The Morgan fingerprint density at radius 1 is 1.39 bits per heavy atom. The standard InChI is InChI=1S/C12H15N3O3/c1-8-6-4-5-7-10(8)11(15-18-3)12(16)13-9(2)14-17/h4-7,17H,1-3H3,(H,13,14,16)/b15-11-. The van der Waals surface area contributed by atoms with Crippen LogP contribution in [0.4, 0.5) is 0 Å². The minimum absolute atomic E-state index is 0.0809. The first-order chi connectivity index (χ1) is 8.60. The average molecular weight is 249 g/mol. The fourth-order valence-electron chi connectivity index (χ4n) is 1.39. The molecule has 0 aromatic heterocycles. The van der Waals surface area contributed by atoms with Crippen LogP contribution >= 0.6 is 0 Å². The number of hydrogen-bond acceptors (Lipinski definition) is 5. The summed E-state index contributed by atoms with van der Waals surface area (Å²) >= 11 is 0. The van der Waals surface area contributed by atoms with Crippen LogP contribution in [0.3, 0.4) is 0 Å². The molecule has 0 spiro atoms. The fourth-order valence-corrected chi connectivity index (χ4v) is 1.39. The zero-order valence-corrected chi connectivity index (χ0v) is 10.5. The van der Waals surface area contributed by atoms with Gasteiger partial charge in [0, 0.05) is 5.56 Å². The molecule has 0 aliphatic rings. The van der Waals surface area contributed by atoms with Gasteiger partial charge in [0.05, 0.1) is 0 Å². The zero-order chi connectivity index (χ0) is 13.5. The van der Waals surface area contributed by atoms with Crippen molar-refractivity contribution in [2.45, 2.75) is 13.8 Å². The molecule has 0 saturated heterocycles. The maximum absolute atomic E-state index is 11.9. The first-order valence-electron chi connectivity index (χ1n) is 5.27. The lowest BCUT2D eigenvalue weighted by Gasteiger charge is -2.08. The van der Waals surface area contributed by atoms with E-state index in [2.05, 4.69) is 20.5 Å². The number of amides is 1. The van der Waals surface area contributed by atoms with E-state index < -0.39 is 5.91 Å². The van der Waals surface area contributed by atoms with Crippen molar-refractivity contribution in [1.29, 1.82) is 0 Å². The quantitative estimate of drug-likeness (QED) is 0.366. The monoisotopic (exact) mass is 249 g/mol. The Labute approximate surface area is 105 Å². The summed E-state index contributed by atoms with van der Waals surface area (Å²) in [4.78, 5) is 16.6. The normalized spacial score (nSPS) is 12.2. The van der Waals surface area contributed by atoms with E-state index in [-0.39, 0.29) is 11.5 Å².